The van der Waals surface area contributed by atoms with E-state index in [1.165, 1.54) is 43.5 Å². The predicted octanol–water partition coefficient (Wildman–Crippen LogP) is 2.03. The molecular weight excluding hydrogens is 326 g/mol. The van der Waals surface area contributed by atoms with Gasteiger partial charge in [-0.15, -0.1) is 0 Å². The Bertz CT molecular complexity index is 700. The third kappa shape index (κ3) is 5.42. The first-order valence-corrected chi connectivity index (χ1v) is 7.39. The molecule has 0 fully saturated rings. The fraction of sp³-hybridized carbons (Fsp3) is 0.222. The van der Waals surface area contributed by atoms with E-state index in [4.69, 9.17) is 4.74 Å². The monoisotopic (exact) mass is 345 g/mol. The molecule has 0 atom stereocenters. The molecule has 7 nitrogen and oxygen atoms in total. The molecule has 132 valence electrons. The third-order valence-electron chi connectivity index (χ3n) is 2.98. The number of carbonyl (C=O) groups is 4. The number of nitrogens with zero attached hydrogens (tertiary/aromatic N) is 1. The average Bonchev–Trinajstić information content (AvgIpc) is 2.93. The molecule has 25 heavy (non-hydrogen) atoms. The number of anilines is 1. The van der Waals surface area contributed by atoms with Crippen molar-refractivity contribution >= 4 is 29.4 Å². The largest absolute Gasteiger partial charge is 0.466 e. The summed E-state index contributed by atoms with van der Waals surface area (Å²) in [5.41, 5.74) is 1.25. The zero-order valence-electron chi connectivity index (χ0n) is 14.3. The molecule has 1 heterocycles. The van der Waals surface area contributed by atoms with Crippen LogP contribution in [-0.2, 0) is 23.9 Å². The molecular formula is C18H19NO6. The van der Waals surface area contributed by atoms with E-state index in [0.29, 0.717) is 23.4 Å². The van der Waals surface area contributed by atoms with Crippen LogP contribution in [0.3, 0.4) is 0 Å². The Morgan fingerprint density at radius 1 is 1.08 bits per heavy atom. The number of ether oxygens (including phenoxy) is 2. The smallest absolute Gasteiger partial charge is 0.338 e. The van der Waals surface area contributed by atoms with Gasteiger partial charge < -0.3 is 9.47 Å². The Balaban J connectivity index is 0.000000381. The first kappa shape index (κ1) is 19.8. The molecule has 1 aromatic carbocycles. The van der Waals surface area contributed by atoms with Gasteiger partial charge in [0, 0.05) is 17.7 Å². The lowest BCUT2D eigenvalue weighted by Gasteiger charge is -2.13. The normalized spacial score (nSPS) is 12.4. The molecule has 7 heteroatoms. The molecule has 0 spiro atoms. The third-order valence-corrected chi connectivity index (χ3v) is 2.98. The molecule has 0 radical (unpaired) electrons. The molecule has 2 amide bonds. The quantitative estimate of drug-likeness (QED) is 0.471. The van der Waals surface area contributed by atoms with Crippen molar-refractivity contribution < 1.29 is 28.7 Å². The fourth-order valence-electron chi connectivity index (χ4n) is 1.79. The Kier molecular flexibility index (Phi) is 7.27. The van der Waals surface area contributed by atoms with E-state index in [2.05, 4.69) is 11.3 Å². The van der Waals surface area contributed by atoms with E-state index in [9.17, 15) is 19.2 Å². The van der Waals surface area contributed by atoms with Crippen LogP contribution >= 0.6 is 0 Å². The second kappa shape index (κ2) is 9.17. The fourth-order valence-corrected chi connectivity index (χ4v) is 1.79. The maximum absolute atomic E-state index is 11.4. The standard InChI is InChI=1S/C13H11NO4.C5H8O2/c1-2-18-13(17)9-3-5-10(6-4-9)14-11(15)7-8-12(14)16;1-4(2)5(6)7-3/h3-8H,2H2,1H3;1H2,2-3H3. The molecule has 0 unspecified atom stereocenters. The summed E-state index contributed by atoms with van der Waals surface area (Å²) in [6.07, 6.45) is 2.42. The van der Waals surface area contributed by atoms with Gasteiger partial charge in [0.1, 0.15) is 0 Å². The summed E-state index contributed by atoms with van der Waals surface area (Å²) in [6.45, 7) is 6.98. The number of amides is 2. The average molecular weight is 345 g/mol. The molecule has 0 N–H and O–H groups in total. The van der Waals surface area contributed by atoms with Crippen LogP contribution in [0.15, 0.2) is 48.6 Å². The van der Waals surface area contributed by atoms with Crippen molar-refractivity contribution in [3.8, 4) is 0 Å². The Morgan fingerprint density at radius 3 is 1.96 bits per heavy atom. The van der Waals surface area contributed by atoms with Gasteiger partial charge in [0.15, 0.2) is 0 Å². The van der Waals surface area contributed by atoms with Gasteiger partial charge >= 0.3 is 11.9 Å². The lowest BCUT2D eigenvalue weighted by Crippen LogP contribution is -2.29. The summed E-state index contributed by atoms with van der Waals surface area (Å²) >= 11 is 0. The molecule has 1 aromatic rings. The lowest BCUT2D eigenvalue weighted by molar-refractivity contribution is -0.136. The molecule has 2 rings (SSSR count). The van der Waals surface area contributed by atoms with E-state index < -0.39 is 5.97 Å². The minimum Gasteiger partial charge on any atom is -0.466 e. The maximum Gasteiger partial charge on any atom is 0.338 e. The molecule has 0 aromatic heterocycles. The van der Waals surface area contributed by atoms with E-state index in [1.54, 1.807) is 13.8 Å². The number of carbonyl (C=O) groups excluding carboxylic acids is 4. The van der Waals surface area contributed by atoms with Crippen LogP contribution in [-0.4, -0.2) is 37.5 Å². The van der Waals surface area contributed by atoms with Crippen molar-refractivity contribution in [3.05, 3.63) is 54.1 Å². The topological polar surface area (TPSA) is 90.0 Å². The highest BCUT2D eigenvalue weighted by Gasteiger charge is 2.25. The van der Waals surface area contributed by atoms with Crippen LogP contribution in [0.25, 0.3) is 0 Å². The van der Waals surface area contributed by atoms with Crippen molar-refractivity contribution in [2.75, 3.05) is 18.6 Å². The number of rotatable bonds is 4. The van der Waals surface area contributed by atoms with Gasteiger partial charge in [-0.05, 0) is 38.1 Å². The summed E-state index contributed by atoms with van der Waals surface area (Å²) in [4.78, 5) is 45.5. The van der Waals surface area contributed by atoms with Crippen molar-refractivity contribution in [1.82, 2.24) is 0 Å². The molecule has 0 saturated heterocycles. The maximum atomic E-state index is 11.4. The van der Waals surface area contributed by atoms with Crippen molar-refractivity contribution in [1.29, 1.82) is 0 Å². The van der Waals surface area contributed by atoms with Gasteiger partial charge in [-0.25, -0.2) is 14.5 Å². The van der Waals surface area contributed by atoms with Crippen LogP contribution < -0.4 is 4.90 Å². The van der Waals surface area contributed by atoms with Crippen LogP contribution in [0.1, 0.15) is 24.2 Å². The highest BCUT2D eigenvalue weighted by molar-refractivity contribution is 6.28. The van der Waals surface area contributed by atoms with Gasteiger partial charge in [-0.1, -0.05) is 6.58 Å². The number of imide groups is 1. The molecule has 0 bridgehead atoms. The number of esters is 2. The second-order valence-electron chi connectivity index (χ2n) is 4.88. The van der Waals surface area contributed by atoms with Crippen LogP contribution in [0.2, 0.25) is 0 Å². The molecule has 1 aliphatic heterocycles. The zero-order chi connectivity index (χ0) is 19.0. The highest BCUT2D eigenvalue weighted by Crippen LogP contribution is 2.19. The Hall–Kier alpha value is -3.22. The predicted molar refractivity (Wildman–Crippen MR) is 90.9 cm³/mol. The van der Waals surface area contributed by atoms with Crippen LogP contribution in [0.4, 0.5) is 5.69 Å². The summed E-state index contributed by atoms with van der Waals surface area (Å²) in [6, 6.07) is 6.11. The van der Waals surface area contributed by atoms with Gasteiger partial charge in [0.25, 0.3) is 11.8 Å². The van der Waals surface area contributed by atoms with Crippen molar-refractivity contribution in [3.63, 3.8) is 0 Å². The van der Waals surface area contributed by atoms with E-state index in [-0.39, 0.29) is 17.8 Å². The van der Waals surface area contributed by atoms with Crippen molar-refractivity contribution in [2.24, 2.45) is 0 Å². The lowest BCUT2D eigenvalue weighted by atomic mass is 10.2. The molecule has 0 saturated carbocycles. The Morgan fingerprint density at radius 2 is 1.60 bits per heavy atom. The van der Waals surface area contributed by atoms with E-state index >= 15 is 0 Å². The number of methoxy groups -OCH3 is 1. The SMILES string of the molecule is C=C(C)C(=O)OC.CCOC(=O)c1ccc(N2C(=O)C=CC2=O)cc1. The highest BCUT2D eigenvalue weighted by atomic mass is 16.5. The van der Waals surface area contributed by atoms with E-state index in [1.807, 2.05) is 0 Å². The molecule has 0 aliphatic carbocycles. The van der Waals surface area contributed by atoms with Crippen LogP contribution in [0, 0.1) is 0 Å². The zero-order valence-corrected chi connectivity index (χ0v) is 14.3. The molecule has 1 aliphatic rings. The minimum atomic E-state index is -0.429. The van der Waals surface area contributed by atoms with Gasteiger partial charge in [0.2, 0.25) is 0 Å². The van der Waals surface area contributed by atoms with Gasteiger partial charge in [0.05, 0.1) is 25.0 Å². The summed E-state index contributed by atoms with van der Waals surface area (Å²) < 4.78 is 9.11. The van der Waals surface area contributed by atoms with E-state index in [0.717, 1.165) is 4.90 Å². The van der Waals surface area contributed by atoms with Crippen molar-refractivity contribution in [2.45, 2.75) is 13.8 Å². The van der Waals surface area contributed by atoms with Gasteiger partial charge in [-0.3, -0.25) is 9.59 Å². The number of hydrogen-bond donors (Lipinski definition) is 0. The minimum absolute atomic E-state index is 0.299. The summed E-state index contributed by atoms with van der Waals surface area (Å²) in [5, 5.41) is 0. The first-order valence-electron chi connectivity index (χ1n) is 7.39. The Labute approximate surface area is 145 Å². The number of benzene rings is 1. The second-order valence-corrected chi connectivity index (χ2v) is 4.88. The summed E-state index contributed by atoms with van der Waals surface area (Å²) in [7, 11) is 1.33. The number of hydrogen-bond acceptors (Lipinski definition) is 6. The van der Waals surface area contributed by atoms with Crippen LogP contribution in [0.5, 0.6) is 0 Å². The van der Waals surface area contributed by atoms with Gasteiger partial charge in [-0.2, -0.15) is 0 Å². The first-order chi connectivity index (χ1) is 11.8. The summed E-state index contributed by atoms with van der Waals surface area (Å²) in [5.74, 6) is -1.55.